The molecule has 0 aromatic heterocycles. The summed E-state index contributed by atoms with van der Waals surface area (Å²) in [6.07, 6.45) is 3.73. The summed E-state index contributed by atoms with van der Waals surface area (Å²) < 4.78 is 0. The standard InChI is InChI=1S/C12H21NO4S2/c13-10(14)4-2-1-3-9(18)7-8-19-12(17)6-5-11(15)16/h9,18H,1-8H2,(H2,13,14)(H,15,16). The number of hydrogen-bond acceptors (Lipinski definition) is 5. The predicted molar refractivity (Wildman–Crippen MR) is 79.4 cm³/mol. The third kappa shape index (κ3) is 13.5. The number of hydrogen-bond donors (Lipinski definition) is 3. The second kappa shape index (κ2) is 11.2. The summed E-state index contributed by atoms with van der Waals surface area (Å²) in [4.78, 5) is 32.1. The van der Waals surface area contributed by atoms with Gasteiger partial charge < -0.3 is 10.8 Å². The van der Waals surface area contributed by atoms with E-state index in [1.165, 1.54) is 11.8 Å². The molecule has 0 aromatic rings. The zero-order valence-corrected chi connectivity index (χ0v) is 12.5. The molecule has 1 atom stereocenters. The van der Waals surface area contributed by atoms with Crippen LogP contribution in [0.2, 0.25) is 0 Å². The van der Waals surface area contributed by atoms with E-state index in [0.717, 1.165) is 25.7 Å². The lowest BCUT2D eigenvalue weighted by molar-refractivity contribution is -0.138. The van der Waals surface area contributed by atoms with Gasteiger partial charge in [-0.1, -0.05) is 18.2 Å². The van der Waals surface area contributed by atoms with E-state index in [9.17, 15) is 14.4 Å². The van der Waals surface area contributed by atoms with E-state index in [0.29, 0.717) is 12.2 Å². The summed E-state index contributed by atoms with van der Waals surface area (Å²) in [7, 11) is 0. The lowest BCUT2D eigenvalue weighted by Gasteiger charge is -2.09. The Hall–Kier alpha value is -0.690. The Kier molecular flexibility index (Phi) is 10.8. The second-order valence-corrected chi connectivity index (χ2v) is 6.15. The van der Waals surface area contributed by atoms with Crippen molar-refractivity contribution in [3.8, 4) is 0 Å². The minimum atomic E-state index is -0.949. The number of carbonyl (C=O) groups excluding carboxylic acids is 2. The van der Waals surface area contributed by atoms with Gasteiger partial charge in [0.1, 0.15) is 0 Å². The largest absolute Gasteiger partial charge is 0.481 e. The Morgan fingerprint density at radius 2 is 1.79 bits per heavy atom. The summed E-state index contributed by atoms with van der Waals surface area (Å²) >= 11 is 5.57. The molecular weight excluding hydrogens is 286 g/mol. The van der Waals surface area contributed by atoms with Crippen LogP contribution >= 0.6 is 24.4 Å². The lowest BCUT2D eigenvalue weighted by Crippen LogP contribution is -2.10. The van der Waals surface area contributed by atoms with Crippen LogP contribution in [0.25, 0.3) is 0 Å². The first-order valence-electron chi connectivity index (χ1n) is 6.25. The van der Waals surface area contributed by atoms with Crippen LogP contribution in [-0.4, -0.2) is 33.1 Å². The highest BCUT2D eigenvalue weighted by atomic mass is 32.2. The first kappa shape index (κ1) is 18.3. The maximum Gasteiger partial charge on any atom is 0.303 e. The third-order valence-electron chi connectivity index (χ3n) is 2.47. The number of carboxylic acids is 1. The number of amides is 1. The van der Waals surface area contributed by atoms with Crippen LogP contribution in [0.5, 0.6) is 0 Å². The van der Waals surface area contributed by atoms with Gasteiger partial charge in [0.2, 0.25) is 5.91 Å². The number of thioether (sulfide) groups is 1. The second-order valence-electron chi connectivity index (χ2n) is 4.27. The fourth-order valence-electron chi connectivity index (χ4n) is 1.41. The molecule has 0 aliphatic carbocycles. The first-order chi connectivity index (χ1) is 8.91. The number of thiol groups is 1. The van der Waals surface area contributed by atoms with E-state index in [1.807, 2.05) is 0 Å². The Bertz CT molecular complexity index is 310. The highest BCUT2D eigenvalue weighted by Crippen LogP contribution is 2.17. The third-order valence-corrected chi connectivity index (χ3v) is 3.95. The van der Waals surface area contributed by atoms with Gasteiger partial charge in [-0.05, 0) is 19.3 Å². The summed E-state index contributed by atoms with van der Waals surface area (Å²) in [5, 5.41) is 8.54. The molecule has 3 N–H and O–H groups in total. The van der Waals surface area contributed by atoms with Crippen LogP contribution in [-0.2, 0) is 14.4 Å². The zero-order chi connectivity index (χ0) is 14.7. The fraction of sp³-hybridized carbons (Fsp3) is 0.750. The number of primary amides is 1. The summed E-state index contributed by atoms with van der Waals surface area (Å²) in [5.41, 5.74) is 5.03. The molecule has 0 saturated heterocycles. The maximum absolute atomic E-state index is 11.3. The van der Waals surface area contributed by atoms with Crippen molar-refractivity contribution >= 4 is 41.4 Å². The van der Waals surface area contributed by atoms with E-state index in [2.05, 4.69) is 12.6 Å². The van der Waals surface area contributed by atoms with Crippen LogP contribution in [0.3, 0.4) is 0 Å². The van der Waals surface area contributed by atoms with Gasteiger partial charge in [-0.15, -0.1) is 0 Å². The quantitative estimate of drug-likeness (QED) is 0.400. The van der Waals surface area contributed by atoms with E-state index >= 15 is 0 Å². The molecule has 0 aromatic carbocycles. The SMILES string of the molecule is NC(=O)CCCCC(S)CCSC(=O)CCC(=O)O. The smallest absolute Gasteiger partial charge is 0.303 e. The summed E-state index contributed by atoms with van der Waals surface area (Å²) in [6, 6.07) is 0. The van der Waals surface area contributed by atoms with Crippen molar-refractivity contribution in [1.82, 2.24) is 0 Å². The number of aliphatic carboxylic acids is 1. The number of unbranched alkanes of at least 4 members (excludes halogenated alkanes) is 1. The van der Waals surface area contributed by atoms with Gasteiger partial charge in [0.15, 0.2) is 5.12 Å². The first-order valence-corrected chi connectivity index (χ1v) is 7.75. The number of carboxylic acid groups (broad SMARTS) is 1. The van der Waals surface area contributed by atoms with Crippen molar-refractivity contribution in [2.75, 3.05) is 5.75 Å². The molecule has 0 spiro atoms. The molecule has 0 aliphatic rings. The Balaban J connectivity index is 3.46. The summed E-state index contributed by atoms with van der Waals surface area (Å²) in [6.45, 7) is 0. The van der Waals surface area contributed by atoms with Crippen molar-refractivity contribution in [2.24, 2.45) is 5.73 Å². The molecule has 1 unspecified atom stereocenters. The molecule has 0 bridgehead atoms. The minimum absolute atomic E-state index is 0.0792. The van der Waals surface area contributed by atoms with E-state index in [4.69, 9.17) is 10.8 Å². The van der Waals surface area contributed by atoms with Crippen LogP contribution in [0.4, 0.5) is 0 Å². The Morgan fingerprint density at radius 1 is 1.11 bits per heavy atom. The summed E-state index contributed by atoms with van der Waals surface area (Å²) in [5.74, 6) is -0.576. The van der Waals surface area contributed by atoms with Gasteiger partial charge in [-0.3, -0.25) is 14.4 Å². The van der Waals surface area contributed by atoms with E-state index in [1.54, 1.807) is 0 Å². The molecule has 7 heteroatoms. The van der Waals surface area contributed by atoms with Crippen LogP contribution < -0.4 is 5.73 Å². The average Bonchev–Trinajstić information content (AvgIpc) is 2.32. The number of rotatable bonds is 11. The van der Waals surface area contributed by atoms with Crippen molar-refractivity contribution < 1.29 is 19.5 Å². The number of carbonyl (C=O) groups is 3. The normalized spacial score (nSPS) is 12.1. The van der Waals surface area contributed by atoms with Crippen molar-refractivity contribution in [1.29, 1.82) is 0 Å². The molecule has 19 heavy (non-hydrogen) atoms. The fourth-order valence-corrected chi connectivity index (χ4v) is 2.78. The molecule has 0 heterocycles. The van der Waals surface area contributed by atoms with Crippen LogP contribution in [0.15, 0.2) is 0 Å². The van der Waals surface area contributed by atoms with Crippen LogP contribution in [0.1, 0.15) is 44.9 Å². The number of nitrogens with two attached hydrogens (primary N) is 1. The van der Waals surface area contributed by atoms with Gasteiger partial charge in [-0.2, -0.15) is 12.6 Å². The molecule has 0 rings (SSSR count). The maximum atomic E-state index is 11.3. The lowest BCUT2D eigenvalue weighted by atomic mass is 10.1. The zero-order valence-electron chi connectivity index (χ0n) is 10.8. The predicted octanol–water partition coefficient (Wildman–Crippen LogP) is 1.85. The van der Waals surface area contributed by atoms with Gasteiger partial charge in [0, 0.05) is 23.8 Å². The highest BCUT2D eigenvalue weighted by Gasteiger charge is 2.08. The topological polar surface area (TPSA) is 97.5 Å². The van der Waals surface area contributed by atoms with Gasteiger partial charge in [0.25, 0.3) is 0 Å². The molecule has 1 amide bonds. The van der Waals surface area contributed by atoms with Gasteiger partial charge >= 0.3 is 5.97 Å². The molecular formula is C12H21NO4S2. The molecule has 0 saturated carbocycles. The molecule has 110 valence electrons. The van der Waals surface area contributed by atoms with E-state index < -0.39 is 5.97 Å². The minimum Gasteiger partial charge on any atom is -0.481 e. The molecule has 0 aliphatic heterocycles. The average molecular weight is 307 g/mol. The molecule has 0 radical (unpaired) electrons. The molecule has 0 fully saturated rings. The molecule has 5 nitrogen and oxygen atoms in total. The van der Waals surface area contributed by atoms with Crippen molar-refractivity contribution in [3.05, 3.63) is 0 Å². The Morgan fingerprint density at radius 3 is 2.37 bits per heavy atom. The highest BCUT2D eigenvalue weighted by molar-refractivity contribution is 8.13. The van der Waals surface area contributed by atoms with Gasteiger partial charge in [0.05, 0.1) is 6.42 Å². The van der Waals surface area contributed by atoms with E-state index in [-0.39, 0.29) is 29.1 Å². The Labute approximate surface area is 123 Å². The van der Waals surface area contributed by atoms with Crippen molar-refractivity contribution in [3.63, 3.8) is 0 Å². The monoisotopic (exact) mass is 307 g/mol. The van der Waals surface area contributed by atoms with Crippen LogP contribution in [0, 0.1) is 0 Å². The van der Waals surface area contributed by atoms with Crippen molar-refractivity contribution in [2.45, 2.75) is 50.2 Å². The van der Waals surface area contributed by atoms with Gasteiger partial charge in [-0.25, -0.2) is 0 Å².